The summed E-state index contributed by atoms with van der Waals surface area (Å²) in [5.41, 5.74) is -0.643. The smallest absolute Gasteiger partial charge is 0.273 e. The number of hydrogen-bond acceptors (Lipinski definition) is 4. The van der Waals surface area contributed by atoms with Gasteiger partial charge in [-0.05, 0) is 13.3 Å². The molecule has 6 nitrogen and oxygen atoms in total. The summed E-state index contributed by atoms with van der Waals surface area (Å²) in [6.45, 7) is 3.89. The Balaban J connectivity index is 2.40. The molecule has 0 aliphatic carbocycles. The summed E-state index contributed by atoms with van der Waals surface area (Å²) in [7, 11) is 0. The standard InChI is InChI=1S/C9H16N4O2/c1-3-4-9(2,15)6-10-8(14)7-5-11-13-12-7/h5,15H,3-4,6H2,1-2H3,(H,10,14)(H,11,12,13). The summed E-state index contributed by atoms with van der Waals surface area (Å²) in [6, 6.07) is 0. The van der Waals surface area contributed by atoms with E-state index in [2.05, 4.69) is 20.7 Å². The Labute approximate surface area is 88.1 Å². The predicted molar refractivity (Wildman–Crippen MR) is 54.2 cm³/mol. The van der Waals surface area contributed by atoms with Gasteiger partial charge in [0.2, 0.25) is 0 Å². The number of aliphatic hydroxyl groups is 1. The number of nitrogens with zero attached hydrogens (tertiary/aromatic N) is 2. The third kappa shape index (κ3) is 3.67. The summed E-state index contributed by atoms with van der Waals surface area (Å²) in [6.07, 6.45) is 2.85. The Bertz CT molecular complexity index is 308. The van der Waals surface area contributed by atoms with E-state index in [-0.39, 0.29) is 18.1 Å². The first-order valence-corrected chi connectivity index (χ1v) is 4.91. The second-order valence-electron chi connectivity index (χ2n) is 3.78. The Kier molecular flexibility index (Phi) is 3.79. The van der Waals surface area contributed by atoms with Crippen LogP contribution in [0.4, 0.5) is 0 Å². The lowest BCUT2D eigenvalue weighted by molar-refractivity contribution is 0.0468. The Hall–Kier alpha value is -1.43. The van der Waals surface area contributed by atoms with E-state index >= 15 is 0 Å². The molecular formula is C9H16N4O2. The molecule has 1 atom stereocenters. The lowest BCUT2D eigenvalue weighted by Gasteiger charge is -2.22. The zero-order chi connectivity index (χ0) is 11.3. The molecule has 0 bridgehead atoms. The molecule has 1 amide bonds. The molecule has 6 heteroatoms. The molecule has 0 spiro atoms. The second-order valence-corrected chi connectivity index (χ2v) is 3.78. The molecule has 1 aromatic heterocycles. The first-order valence-electron chi connectivity index (χ1n) is 4.91. The van der Waals surface area contributed by atoms with Crippen molar-refractivity contribution in [2.24, 2.45) is 0 Å². The molecular weight excluding hydrogens is 196 g/mol. The van der Waals surface area contributed by atoms with Crippen molar-refractivity contribution in [1.29, 1.82) is 0 Å². The number of rotatable bonds is 5. The minimum absolute atomic E-state index is 0.215. The van der Waals surface area contributed by atoms with Crippen molar-refractivity contribution in [2.45, 2.75) is 32.3 Å². The number of aromatic amines is 1. The number of aromatic nitrogens is 3. The molecule has 0 aliphatic heterocycles. The number of nitrogens with one attached hydrogen (secondary N) is 2. The lowest BCUT2D eigenvalue weighted by Crippen LogP contribution is -2.40. The van der Waals surface area contributed by atoms with Gasteiger partial charge in [0.1, 0.15) is 0 Å². The minimum Gasteiger partial charge on any atom is -0.388 e. The van der Waals surface area contributed by atoms with Crippen molar-refractivity contribution >= 4 is 5.91 Å². The molecule has 1 aromatic rings. The largest absolute Gasteiger partial charge is 0.388 e. The van der Waals surface area contributed by atoms with Gasteiger partial charge in [0.25, 0.3) is 5.91 Å². The third-order valence-corrected chi connectivity index (χ3v) is 2.07. The van der Waals surface area contributed by atoms with Gasteiger partial charge in [-0.25, -0.2) is 0 Å². The molecule has 15 heavy (non-hydrogen) atoms. The van der Waals surface area contributed by atoms with Crippen LogP contribution < -0.4 is 5.32 Å². The van der Waals surface area contributed by atoms with Crippen molar-refractivity contribution in [3.8, 4) is 0 Å². The van der Waals surface area contributed by atoms with Crippen LogP contribution in [0.3, 0.4) is 0 Å². The summed E-state index contributed by atoms with van der Waals surface area (Å²) in [5, 5.41) is 21.9. The fourth-order valence-corrected chi connectivity index (χ4v) is 1.30. The van der Waals surface area contributed by atoms with E-state index in [1.807, 2.05) is 6.92 Å². The van der Waals surface area contributed by atoms with Gasteiger partial charge in [-0.2, -0.15) is 15.4 Å². The molecule has 3 N–H and O–H groups in total. The zero-order valence-electron chi connectivity index (χ0n) is 8.95. The van der Waals surface area contributed by atoms with Gasteiger partial charge in [-0.1, -0.05) is 13.3 Å². The Morgan fingerprint density at radius 2 is 2.47 bits per heavy atom. The summed E-state index contributed by atoms with van der Waals surface area (Å²) >= 11 is 0. The molecule has 0 aliphatic rings. The van der Waals surface area contributed by atoms with Gasteiger partial charge in [0.15, 0.2) is 5.69 Å². The number of hydrogen-bond donors (Lipinski definition) is 3. The van der Waals surface area contributed by atoms with E-state index in [0.717, 1.165) is 6.42 Å². The number of amides is 1. The highest BCUT2D eigenvalue weighted by Gasteiger charge is 2.20. The molecule has 0 aromatic carbocycles. The number of H-pyrrole nitrogens is 1. The van der Waals surface area contributed by atoms with Crippen LogP contribution in [0.25, 0.3) is 0 Å². The fraction of sp³-hybridized carbons (Fsp3) is 0.667. The molecule has 84 valence electrons. The van der Waals surface area contributed by atoms with Gasteiger partial charge in [-0.3, -0.25) is 4.79 Å². The monoisotopic (exact) mass is 212 g/mol. The van der Waals surface area contributed by atoms with Crippen LogP contribution in [-0.4, -0.2) is 38.6 Å². The average Bonchev–Trinajstić information content (AvgIpc) is 2.67. The highest BCUT2D eigenvalue weighted by Crippen LogP contribution is 2.10. The van der Waals surface area contributed by atoms with Crippen LogP contribution in [0, 0.1) is 0 Å². The van der Waals surface area contributed by atoms with E-state index < -0.39 is 5.60 Å². The van der Waals surface area contributed by atoms with E-state index in [1.165, 1.54) is 6.20 Å². The quantitative estimate of drug-likeness (QED) is 0.645. The van der Waals surface area contributed by atoms with E-state index in [1.54, 1.807) is 6.92 Å². The van der Waals surface area contributed by atoms with Crippen molar-refractivity contribution in [3.05, 3.63) is 11.9 Å². The number of carbonyl (C=O) groups excluding carboxylic acids is 1. The molecule has 1 unspecified atom stereocenters. The maximum Gasteiger partial charge on any atom is 0.273 e. The van der Waals surface area contributed by atoms with Crippen LogP contribution in [0.1, 0.15) is 37.2 Å². The predicted octanol–water partition coefficient (Wildman–Crippen LogP) is 0.0856. The summed E-state index contributed by atoms with van der Waals surface area (Å²) < 4.78 is 0. The van der Waals surface area contributed by atoms with Crippen LogP contribution in [0.15, 0.2) is 6.20 Å². The topological polar surface area (TPSA) is 90.9 Å². The lowest BCUT2D eigenvalue weighted by atomic mass is 10.0. The van der Waals surface area contributed by atoms with Gasteiger partial charge in [0.05, 0.1) is 11.8 Å². The van der Waals surface area contributed by atoms with Crippen LogP contribution in [-0.2, 0) is 0 Å². The van der Waals surface area contributed by atoms with Crippen molar-refractivity contribution in [1.82, 2.24) is 20.7 Å². The summed E-state index contributed by atoms with van der Waals surface area (Å²) in [4.78, 5) is 11.4. The first kappa shape index (κ1) is 11.6. The molecule has 1 rings (SSSR count). The zero-order valence-corrected chi connectivity index (χ0v) is 8.95. The van der Waals surface area contributed by atoms with Gasteiger partial charge in [0, 0.05) is 6.54 Å². The fourth-order valence-electron chi connectivity index (χ4n) is 1.30. The van der Waals surface area contributed by atoms with Gasteiger partial charge < -0.3 is 10.4 Å². The van der Waals surface area contributed by atoms with Crippen LogP contribution in [0.2, 0.25) is 0 Å². The van der Waals surface area contributed by atoms with Gasteiger partial charge >= 0.3 is 0 Å². The normalized spacial score (nSPS) is 14.6. The van der Waals surface area contributed by atoms with Crippen molar-refractivity contribution < 1.29 is 9.90 Å². The van der Waals surface area contributed by atoms with E-state index in [9.17, 15) is 9.90 Å². The highest BCUT2D eigenvalue weighted by molar-refractivity contribution is 5.91. The Morgan fingerprint density at radius 1 is 1.73 bits per heavy atom. The number of carbonyl (C=O) groups is 1. The van der Waals surface area contributed by atoms with Crippen LogP contribution >= 0.6 is 0 Å². The van der Waals surface area contributed by atoms with Crippen molar-refractivity contribution in [3.63, 3.8) is 0 Å². The minimum atomic E-state index is -0.867. The van der Waals surface area contributed by atoms with Crippen molar-refractivity contribution in [2.75, 3.05) is 6.54 Å². The third-order valence-electron chi connectivity index (χ3n) is 2.07. The van der Waals surface area contributed by atoms with E-state index in [4.69, 9.17) is 0 Å². The molecule has 1 heterocycles. The van der Waals surface area contributed by atoms with E-state index in [0.29, 0.717) is 6.42 Å². The van der Waals surface area contributed by atoms with Gasteiger partial charge in [-0.15, -0.1) is 0 Å². The van der Waals surface area contributed by atoms with Crippen LogP contribution in [0.5, 0.6) is 0 Å². The molecule has 0 saturated heterocycles. The molecule has 0 radical (unpaired) electrons. The second kappa shape index (κ2) is 4.88. The molecule has 0 fully saturated rings. The highest BCUT2D eigenvalue weighted by atomic mass is 16.3. The SMILES string of the molecule is CCCC(C)(O)CNC(=O)c1cn[nH]n1. The summed E-state index contributed by atoms with van der Waals surface area (Å²) in [5.74, 6) is -0.333. The Morgan fingerprint density at radius 3 is 3.00 bits per heavy atom. The molecule has 0 saturated carbocycles. The average molecular weight is 212 g/mol. The first-order chi connectivity index (χ1) is 7.05. The maximum atomic E-state index is 11.4. The maximum absolute atomic E-state index is 11.4.